The SMILES string of the molecule is CN(CC(C)(C)CN)C(=O)c1sccc1-n1cnnn1.Cl. The van der Waals surface area contributed by atoms with Crippen molar-refractivity contribution in [3.63, 3.8) is 0 Å². The predicted octanol–water partition coefficient (Wildman–Crippen LogP) is 1.20. The Kier molecular flexibility index (Phi) is 5.82. The highest BCUT2D eigenvalue weighted by atomic mass is 35.5. The van der Waals surface area contributed by atoms with Gasteiger partial charge in [0.25, 0.3) is 5.91 Å². The van der Waals surface area contributed by atoms with E-state index in [2.05, 4.69) is 15.5 Å². The summed E-state index contributed by atoms with van der Waals surface area (Å²) in [5, 5.41) is 12.9. The minimum absolute atomic E-state index is 0. The van der Waals surface area contributed by atoms with E-state index in [1.165, 1.54) is 22.3 Å². The molecule has 116 valence electrons. The van der Waals surface area contributed by atoms with Gasteiger partial charge in [0, 0.05) is 13.6 Å². The molecule has 0 aliphatic heterocycles. The summed E-state index contributed by atoms with van der Waals surface area (Å²) in [4.78, 5) is 14.8. The number of hydrogen-bond donors (Lipinski definition) is 1. The molecule has 0 aliphatic rings. The van der Waals surface area contributed by atoms with Crippen LogP contribution in [0.2, 0.25) is 0 Å². The number of amides is 1. The summed E-state index contributed by atoms with van der Waals surface area (Å²) in [5.74, 6) is -0.0491. The van der Waals surface area contributed by atoms with Crippen LogP contribution in [0.5, 0.6) is 0 Å². The van der Waals surface area contributed by atoms with Gasteiger partial charge in [0.05, 0.1) is 5.69 Å². The van der Waals surface area contributed by atoms with E-state index >= 15 is 0 Å². The monoisotopic (exact) mass is 330 g/mol. The van der Waals surface area contributed by atoms with Gasteiger partial charge >= 0.3 is 0 Å². The van der Waals surface area contributed by atoms with Crippen molar-refractivity contribution in [3.8, 4) is 5.69 Å². The molecule has 0 aromatic carbocycles. The van der Waals surface area contributed by atoms with E-state index in [0.29, 0.717) is 23.7 Å². The number of carbonyl (C=O) groups is 1. The highest BCUT2D eigenvalue weighted by Crippen LogP contribution is 2.23. The van der Waals surface area contributed by atoms with E-state index in [4.69, 9.17) is 5.73 Å². The van der Waals surface area contributed by atoms with Crippen molar-refractivity contribution in [1.82, 2.24) is 25.1 Å². The number of aromatic nitrogens is 4. The first-order valence-electron chi connectivity index (χ1n) is 6.21. The molecule has 9 heteroatoms. The van der Waals surface area contributed by atoms with Crippen LogP contribution in [0.4, 0.5) is 0 Å². The lowest BCUT2D eigenvalue weighted by Gasteiger charge is -2.28. The van der Waals surface area contributed by atoms with Crippen molar-refractivity contribution in [2.75, 3.05) is 20.1 Å². The summed E-state index contributed by atoms with van der Waals surface area (Å²) in [6.07, 6.45) is 1.47. The smallest absolute Gasteiger partial charge is 0.265 e. The van der Waals surface area contributed by atoms with E-state index in [-0.39, 0.29) is 23.7 Å². The van der Waals surface area contributed by atoms with Crippen molar-refractivity contribution in [2.24, 2.45) is 11.1 Å². The first-order chi connectivity index (χ1) is 9.44. The minimum atomic E-state index is -0.114. The van der Waals surface area contributed by atoms with Gasteiger partial charge in [0.2, 0.25) is 0 Å². The lowest BCUT2D eigenvalue weighted by molar-refractivity contribution is 0.0745. The Morgan fingerprint density at radius 1 is 1.52 bits per heavy atom. The summed E-state index contributed by atoms with van der Waals surface area (Å²) in [5.41, 5.74) is 6.30. The van der Waals surface area contributed by atoms with Gasteiger partial charge in [-0.25, -0.2) is 0 Å². The van der Waals surface area contributed by atoms with Crippen LogP contribution in [-0.4, -0.2) is 51.2 Å². The zero-order valence-corrected chi connectivity index (χ0v) is 13.8. The van der Waals surface area contributed by atoms with Gasteiger partial charge < -0.3 is 10.6 Å². The van der Waals surface area contributed by atoms with Crippen LogP contribution < -0.4 is 5.73 Å². The maximum Gasteiger partial charge on any atom is 0.265 e. The zero-order chi connectivity index (χ0) is 14.8. The van der Waals surface area contributed by atoms with Crippen LogP contribution >= 0.6 is 23.7 Å². The molecule has 0 bridgehead atoms. The summed E-state index contributed by atoms with van der Waals surface area (Å²) >= 11 is 1.38. The van der Waals surface area contributed by atoms with Gasteiger partial charge in [-0.15, -0.1) is 28.8 Å². The molecule has 0 saturated heterocycles. The molecule has 2 N–H and O–H groups in total. The number of halogens is 1. The standard InChI is InChI=1S/C12H18N6OS.ClH/c1-12(2,6-13)7-17(3)11(19)10-9(4-5-20-10)18-8-14-15-16-18;/h4-5,8H,6-7,13H2,1-3H3;1H. The normalized spacial score (nSPS) is 11.0. The number of nitrogens with two attached hydrogens (primary N) is 1. The van der Waals surface area contributed by atoms with Gasteiger partial charge in [-0.05, 0) is 33.8 Å². The van der Waals surface area contributed by atoms with Crippen molar-refractivity contribution < 1.29 is 4.79 Å². The van der Waals surface area contributed by atoms with Crippen LogP contribution in [0.15, 0.2) is 17.8 Å². The van der Waals surface area contributed by atoms with E-state index in [1.807, 2.05) is 25.3 Å². The Hall–Kier alpha value is -1.51. The second kappa shape index (κ2) is 6.97. The molecular weight excluding hydrogens is 312 g/mol. The zero-order valence-electron chi connectivity index (χ0n) is 12.2. The van der Waals surface area contributed by atoms with Crippen LogP contribution in [0.25, 0.3) is 5.69 Å². The molecule has 21 heavy (non-hydrogen) atoms. The maximum atomic E-state index is 12.5. The van der Waals surface area contributed by atoms with Gasteiger partial charge in [-0.2, -0.15) is 4.68 Å². The van der Waals surface area contributed by atoms with Crippen LogP contribution in [0.3, 0.4) is 0 Å². The Morgan fingerprint density at radius 3 is 2.81 bits per heavy atom. The minimum Gasteiger partial charge on any atom is -0.340 e. The Labute approximate surface area is 133 Å². The molecule has 0 spiro atoms. The molecule has 0 aliphatic carbocycles. The summed E-state index contributed by atoms with van der Waals surface area (Å²) in [6, 6.07) is 1.83. The number of carbonyl (C=O) groups excluding carboxylic acids is 1. The number of rotatable bonds is 5. The molecule has 0 unspecified atom stereocenters. The van der Waals surface area contributed by atoms with Crippen LogP contribution in [0.1, 0.15) is 23.5 Å². The summed E-state index contributed by atoms with van der Waals surface area (Å²) in [6.45, 7) is 5.19. The molecule has 0 atom stereocenters. The van der Waals surface area contributed by atoms with Gasteiger partial charge in [-0.3, -0.25) is 4.79 Å². The average molecular weight is 331 g/mol. The third kappa shape index (κ3) is 3.99. The van der Waals surface area contributed by atoms with Crippen molar-refractivity contribution in [1.29, 1.82) is 0 Å². The first-order valence-corrected chi connectivity index (χ1v) is 7.09. The highest BCUT2D eigenvalue weighted by molar-refractivity contribution is 7.12. The number of tetrazole rings is 1. The molecule has 2 rings (SSSR count). The van der Waals surface area contributed by atoms with E-state index in [1.54, 1.807) is 11.9 Å². The number of thiophene rings is 1. The Bertz CT molecular complexity index is 582. The molecule has 0 fully saturated rings. The second-order valence-electron chi connectivity index (χ2n) is 5.42. The molecular formula is C12H19ClN6OS. The summed E-state index contributed by atoms with van der Waals surface area (Å²) in [7, 11) is 1.78. The molecule has 2 aromatic rings. The molecule has 0 saturated carbocycles. The number of nitrogens with zero attached hydrogens (tertiary/aromatic N) is 5. The maximum absolute atomic E-state index is 12.5. The lowest BCUT2D eigenvalue weighted by atomic mass is 9.93. The quantitative estimate of drug-likeness (QED) is 0.889. The average Bonchev–Trinajstić information content (AvgIpc) is 3.07. The fraction of sp³-hybridized carbons (Fsp3) is 0.500. The predicted molar refractivity (Wildman–Crippen MR) is 84.1 cm³/mol. The van der Waals surface area contributed by atoms with Gasteiger partial charge in [0.1, 0.15) is 11.2 Å². The Balaban J connectivity index is 0.00000220. The summed E-state index contributed by atoms with van der Waals surface area (Å²) < 4.78 is 1.49. The Morgan fingerprint density at radius 2 is 2.24 bits per heavy atom. The number of hydrogen-bond acceptors (Lipinski definition) is 6. The van der Waals surface area contributed by atoms with E-state index in [9.17, 15) is 4.79 Å². The van der Waals surface area contributed by atoms with Crippen molar-refractivity contribution in [3.05, 3.63) is 22.7 Å². The van der Waals surface area contributed by atoms with Gasteiger partial charge in [0.15, 0.2) is 0 Å². The fourth-order valence-corrected chi connectivity index (χ4v) is 2.74. The molecule has 7 nitrogen and oxygen atoms in total. The fourth-order valence-electron chi connectivity index (χ4n) is 1.87. The van der Waals surface area contributed by atoms with Crippen LogP contribution in [0, 0.1) is 5.41 Å². The second-order valence-corrected chi connectivity index (χ2v) is 6.34. The molecule has 1 amide bonds. The third-order valence-corrected chi connectivity index (χ3v) is 3.89. The van der Waals surface area contributed by atoms with E-state index in [0.717, 1.165) is 0 Å². The molecule has 2 aromatic heterocycles. The van der Waals surface area contributed by atoms with Gasteiger partial charge in [-0.1, -0.05) is 13.8 Å². The first kappa shape index (κ1) is 17.5. The van der Waals surface area contributed by atoms with Crippen molar-refractivity contribution in [2.45, 2.75) is 13.8 Å². The van der Waals surface area contributed by atoms with Crippen LogP contribution in [-0.2, 0) is 0 Å². The van der Waals surface area contributed by atoms with Crippen molar-refractivity contribution >= 4 is 29.7 Å². The largest absolute Gasteiger partial charge is 0.340 e. The molecule has 2 heterocycles. The lowest BCUT2D eigenvalue weighted by Crippen LogP contribution is -2.39. The highest BCUT2D eigenvalue weighted by Gasteiger charge is 2.24. The third-order valence-electron chi connectivity index (χ3n) is 3.00. The molecule has 0 radical (unpaired) electrons. The topological polar surface area (TPSA) is 89.9 Å². The van der Waals surface area contributed by atoms with E-state index < -0.39 is 0 Å².